The zero-order chi connectivity index (χ0) is 15.6. The maximum Gasteiger partial charge on any atom is 0.261 e. The molecule has 1 aliphatic carbocycles. The van der Waals surface area contributed by atoms with E-state index in [1.165, 1.54) is 17.5 Å². The number of nitrogens with one attached hydrogen (secondary N) is 1. The minimum Gasteiger partial charge on any atom is -0.480 e. The van der Waals surface area contributed by atoms with Crippen molar-refractivity contribution >= 4 is 5.91 Å². The predicted molar refractivity (Wildman–Crippen MR) is 89.7 cm³/mol. The van der Waals surface area contributed by atoms with Crippen molar-refractivity contribution in [1.29, 1.82) is 0 Å². The van der Waals surface area contributed by atoms with Crippen molar-refractivity contribution in [3.8, 4) is 5.75 Å². The van der Waals surface area contributed by atoms with Crippen LogP contribution in [-0.2, 0) is 17.6 Å². The Morgan fingerprint density at radius 1 is 1.09 bits per heavy atom. The van der Waals surface area contributed by atoms with Crippen LogP contribution in [0.2, 0.25) is 0 Å². The van der Waals surface area contributed by atoms with Gasteiger partial charge in [0.15, 0.2) is 6.10 Å². The molecule has 2 aromatic carbocycles. The Morgan fingerprint density at radius 3 is 2.74 bits per heavy atom. The molecule has 0 fully saturated rings. The summed E-state index contributed by atoms with van der Waals surface area (Å²) in [7, 11) is 0. The lowest BCUT2D eigenvalue weighted by molar-refractivity contribution is -0.127. The molecule has 0 saturated heterocycles. The summed E-state index contributed by atoms with van der Waals surface area (Å²) in [4.78, 5) is 12.4. The highest BCUT2D eigenvalue weighted by molar-refractivity contribution is 5.82. The van der Waals surface area contributed by atoms with Crippen LogP contribution in [-0.4, -0.2) is 18.6 Å². The molecule has 0 spiro atoms. The number of carbonyl (C=O) groups is 1. The number of ether oxygens (including phenoxy) is 1. The first-order chi connectivity index (χ1) is 11.3. The first-order valence-corrected chi connectivity index (χ1v) is 8.41. The van der Waals surface area contributed by atoms with Crippen LogP contribution in [0.4, 0.5) is 0 Å². The normalized spacial score (nSPS) is 21.9. The van der Waals surface area contributed by atoms with Crippen molar-refractivity contribution in [2.24, 2.45) is 0 Å². The minimum atomic E-state index is -0.383. The molecule has 1 amide bonds. The van der Waals surface area contributed by atoms with Crippen molar-refractivity contribution < 1.29 is 9.53 Å². The van der Waals surface area contributed by atoms with Crippen LogP contribution < -0.4 is 10.1 Å². The van der Waals surface area contributed by atoms with Gasteiger partial charge in [0.1, 0.15) is 5.75 Å². The average molecular weight is 307 g/mol. The topological polar surface area (TPSA) is 38.3 Å². The molecule has 2 aromatic rings. The van der Waals surface area contributed by atoms with E-state index in [4.69, 9.17) is 4.74 Å². The van der Waals surface area contributed by atoms with Gasteiger partial charge in [0.05, 0.1) is 0 Å². The van der Waals surface area contributed by atoms with Gasteiger partial charge in [-0.1, -0.05) is 42.5 Å². The molecule has 1 heterocycles. The molecular weight excluding hydrogens is 286 g/mol. The fraction of sp³-hybridized carbons (Fsp3) is 0.350. The van der Waals surface area contributed by atoms with Crippen LogP contribution in [0.5, 0.6) is 5.75 Å². The molecule has 2 unspecified atom stereocenters. The van der Waals surface area contributed by atoms with Gasteiger partial charge < -0.3 is 10.1 Å². The van der Waals surface area contributed by atoms with Gasteiger partial charge in [-0.05, 0) is 42.0 Å². The van der Waals surface area contributed by atoms with Gasteiger partial charge in [-0.25, -0.2) is 0 Å². The van der Waals surface area contributed by atoms with E-state index in [-0.39, 0.29) is 12.0 Å². The highest BCUT2D eigenvalue weighted by Crippen LogP contribution is 2.31. The molecule has 4 rings (SSSR count). The average Bonchev–Trinajstić information content (AvgIpc) is 3.04. The fourth-order valence-electron chi connectivity index (χ4n) is 3.73. The van der Waals surface area contributed by atoms with Crippen molar-refractivity contribution in [2.45, 2.75) is 37.7 Å². The van der Waals surface area contributed by atoms with Crippen molar-refractivity contribution in [2.75, 3.05) is 6.54 Å². The molecule has 118 valence electrons. The second kappa shape index (κ2) is 6.07. The van der Waals surface area contributed by atoms with Gasteiger partial charge in [-0.2, -0.15) is 0 Å². The van der Waals surface area contributed by atoms with E-state index < -0.39 is 0 Å². The van der Waals surface area contributed by atoms with E-state index in [0.29, 0.717) is 18.9 Å². The molecule has 2 atom stereocenters. The highest BCUT2D eigenvalue weighted by Gasteiger charge is 2.29. The van der Waals surface area contributed by atoms with E-state index in [2.05, 4.69) is 29.6 Å². The van der Waals surface area contributed by atoms with Crippen LogP contribution >= 0.6 is 0 Å². The molecule has 3 nitrogen and oxygen atoms in total. The number of hydrogen-bond donors (Lipinski definition) is 1. The van der Waals surface area contributed by atoms with Gasteiger partial charge in [0.25, 0.3) is 5.91 Å². The highest BCUT2D eigenvalue weighted by atomic mass is 16.5. The van der Waals surface area contributed by atoms with Crippen molar-refractivity contribution in [3.05, 3.63) is 65.2 Å². The third-order valence-corrected chi connectivity index (χ3v) is 4.96. The Morgan fingerprint density at radius 2 is 1.87 bits per heavy atom. The SMILES string of the molecule is O=C(NCC1CCCc2ccccc21)C1Cc2ccccc2O1. The molecule has 2 aliphatic rings. The van der Waals surface area contributed by atoms with Gasteiger partial charge >= 0.3 is 0 Å². The Hall–Kier alpha value is -2.29. The molecule has 0 radical (unpaired) electrons. The maximum atomic E-state index is 12.4. The lowest BCUT2D eigenvalue weighted by Gasteiger charge is -2.26. The third kappa shape index (κ3) is 2.83. The van der Waals surface area contributed by atoms with Crippen LogP contribution in [0.3, 0.4) is 0 Å². The predicted octanol–water partition coefficient (Wildman–Crippen LogP) is 3.23. The molecule has 1 aliphatic heterocycles. The van der Waals surface area contributed by atoms with Crippen molar-refractivity contribution in [3.63, 3.8) is 0 Å². The summed E-state index contributed by atoms with van der Waals surface area (Å²) in [5, 5.41) is 3.11. The third-order valence-electron chi connectivity index (χ3n) is 4.96. The zero-order valence-electron chi connectivity index (χ0n) is 13.1. The number of amides is 1. The molecule has 3 heteroatoms. The van der Waals surface area contributed by atoms with Gasteiger partial charge in [-0.3, -0.25) is 4.79 Å². The summed E-state index contributed by atoms with van der Waals surface area (Å²) in [6.07, 6.45) is 3.78. The second-order valence-electron chi connectivity index (χ2n) is 6.45. The number of aryl methyl sites for hydroxylation is 1. The summed E-state index contributed by atoms with van der Waals surface area (Å²) in [5.41, 5.74) is 3.95. The fourth-order valence-corrected chi connectivity index (χ4v) is 3.73. The van der Waals surface area contributed by atoms with E-state index in [1.807, 2.05) is 24.3 Å². The molecular formula is C20H21NO2. The molecule has 23 heavy (non-hydrogen) atoms. The van der Waals surface area contributed by atoms with E-state index in [9.17, 15) is 4.79 Å². The zero-order valence-corrected chi connectivity index (χ0v) is 13.1. The lowest BCUT2D eigenvalue weighted by Crippen LogP contribution is -2.39. The molecule has 0 saturated carbocycles. The van der Waals surface area contributed by atoms with E-state index in [0.717, 1.165) is 24.2 Å². The number of benzene rings is 2. The number of fused-ring (bicyclic) bond motifs is 2. The van der Waals surface area contributed by atoms with Crippen LogP contribution in [0.25, 0.3) is 0 Å². The van der Waals surface area contributed by atoms with E-state index >= 15 is 0 Å². The quantitative estimate of drug-likeness (QED) is 0.945. The standard InChI is InChI=1S/C20H21NO2/c22-20(19-12-15-7-2-4-11-18(15)23-19)21-13-16-9-5-8-14-6-1-3-10-17(14)16/h1-4,6-7,10-11,16,19H,5,8-9,12-13H2,(H,21,22). The summed E-state index contributed by atoms with van der Waals surface area (Å²) >= 11 is 0. The van der Waals surface area contributed by atoms with Crippen LogP contribution in [0.1, 0.15) is 35.4 Å². The largest absolute Gasteiger partial charge is 0.480 e. The van der Waals surface area contributed by atoms with Gasteiger partial charge in [0.2, 0.25) is 0 Å². The Balaban J connectivity index is 1.38. The molecule has 0 bridgehead atoms. The monoisotopic (exact) mass is 307 g/mol. The Kier molecular flexibility index (Phi) is 3.78. The first-order valence-electron chi connectivity index (χ1n) is 8.41. The number of rotatable bonds is 3. The Labute approximate surface area is 136 Å². The van der Waals surface area contributed by atoms with Gasteiger partial charge in [-0.15, -0.1) is 0 Å². The van der Waals surface area contributed by atoms with Crippen molar-refractivity contribution in [1.82, 2.24) is 5.32 Å². The second-order valence-corrected chi connectivity index (χ2v) is 6.45. The smallest absolute Gasteiger partial charge is 0.261 e. The first kappa shape index (κ1) is 14.3. The lowest BCUT2D eigenvalue weighted by atomic mass is 9.83. The molecule has 0 aromatic heterocycles. The number of para-hydroxylation sites is 1. The van der Waals surface area contributed by atoms with Crippen LogP contribution in [0.15, 0.2) is 48.5 Å². The number of carbonyl (C=O) groups excluding carboxylic acids is 1. The number of hydrogen-bond acceptors (Lipinski definition) is 2. The van der Waals surface area contributed by atoms with Gasteiger partial charge in [0, 0.05) is 18.9 Å². The summed E-state index contributed by atoms with van der Waals surface area (Å²) in [6, 6.07) is 16.5. The molecule has 1 N–H and O–H groups in total. The summed E-state index contributed by atoms with van der Waals surface area (Å²) in [5.74, 6) is 1.27. The minimum absolute atomic E-state index is 0.00394. The summed E-state index contributed by atoms with van der Waals surface area (Å²) in [6.45, 7) is 0.700. The summed E-state index contributed by atoms with van der Waals surface area (Å²) < 4.78 is 5.77. The van der Waals surface area contributed by atoms with E-state index in [1.54, 1.807) is 0 Å². The maximum absolute atomic E-state index is 12.4. The Bertz CT molecular complexity index is 700. The van der Waals surface area contributed by atoms with Crippen LogP contribution in [0, 0.1) is 0 Å².